The number of hydrogen-bond donors (Lipinski definition) is 0. The van der Waals surface area contributed by atoms with Crippen molar-refractivity contribution in [2.75, 3.05) is 0 Å². The third-order valence-electron chi connectivity index (χ3n) is 5.57. The first kappa shape index (κ1) is 21.3. The molecule has 0 radical (unpaired) electrons. The fourth-order valence-corrected chi connectivity index (χ4v) is 4.06. The van der Waals surface area contributed by atoms with Crippen molar-refractivity contribution in [3.05, 3.63) is 71.2 Å². The lowest BCUT2D eigenvalue weighted by Crippen LogP contribution is -2.33. The summed E-state index contributed by atoms with van der Waals surface area (Å²) in [5.41, 5.74) is 4.56. The summed E-state index contributed by atoms with van der Waals surface area (Å²) in [5, 5.41) is 0. The first-order chi connectivity index (χ1) is 13.0. The second kappa shape index (κ2) is 9.82. The number of aliphatic imine (C=N–C) groups is 1. The number of hydrogen-bond acceptors (Lipinski definition) is 1. The van der Waals surface area contributed by atoms with Crippen molar-refractivity contribution in [3.63, 3.8) is 0 Å². The first-order valence-electron chi connectivity index (χ1n) is 10.4. The standard InChI is InChI=1S/C23H28FN.C2H6/c1-4-18(15-20-11-7-8-12-21(20)24)16-23(3)14-13-17(2)25-22(23)19-9-5-6-10-19;1-2/h5-9,11-13,18H,4,10,14-16H2,1-3H3;1-2H3. The smallest absolute Gasteiger partial charge is 0.126 e. The van der Waals surface area contributed by atoms with E-state index in [1.54, 1.807) is 12.1 Å². The third kappa shape index (κ3) is 5.28. The second-order valence-corrected chi connectivity index (χ2v) is 7.67. The molecule has 0 N–H and O–H groups in total. The van der Waals surface area contributed by atoms with E-state index in [2.05, 4.69) is 45.1 Å². The number of allylic oxidation sites excluding steroid dienone is 6. The van der Waals surface area contributed by atoms with Crippen molar-refractivity contribution in [2.24, 2.45) is 16.3 Å². The van der Waals surface area contributed by atoms with Crippen LogP contribution in [0.4, 0.5) is 4.39 Å². The van der Waals surface area contributed by atoms with Gasteiger partial charge >= 0.3 is 0 Å². The van der Waals surface area contributed by atoms with E-state index >= 15 is 0 Å². The quantitative estimate of drug-likeness (QED) is 0.495. The van der Waals surface area contributed by atoms with E-state index in [9.17, 15) is 4.39 Å². The maximum Gasteiger partial charge on any atom is 0.126 e. The van der Waals surface area contributed by atoms with E-state index in [1.807, 2.05) is 26.0 Å². The molecule has 0 spiro atoms. The summed E-state index contributed by atoms with van der Waals surface area (Å²) < 4.78 is 14.1. The van der Waals surface area contributed by atoms with Gasteiger partial charge < -0.3 is 0 Å². The lowest BCUT2D eigenvalue weighted by Gasteiger charge is -2.37. The van der Waals surface area contributed by atoms with E-state index < -0.39 is 0 Å². The van der Waals surface area contributed by atoms with Gasteiger partial charge in [0.15, 0.2) is 0 Å². The van der Waals surface area contributed by atoms with Crippen LogP contribution >= 0.6 is 0 Å². The molecule has 1 heterocycles. The summed E-state index contributed by atoms with van der Waals surface area (Å²) in [5.74, 6) is 0.371. The predicted molar refractivity (Wildman–Crippen MR) is 116 cm³/mol. The van der Waals surface area contributed by atoms with Gasteiger partial charge in [-0.25, -0.2) is 4.39 Å². The normalized spacial score (nSPS) is 22.4. The maximum absolute atomic E-state index is 14.1. The highest BCUT2D eigenvalue weighted by Gasteiger charge is 2.36. The molecule has 2 heteroatoms. The molecule has 0 bridgehead atoms. The van der Waals surface area contributed by atoms with Gasteiger partial charge in [0.05, 0.1) is 5.71 Å². The van der Waals surface area contributed by atoms with Crippen molar-refractivity contribution < 1.29 is 4.39 Å². The maximum atomic E-state index is 14.1. The minimum absolute atomic E-state index is 0.0310. The Bertz CT molecular complexity index is 753. The van der Waals surface area contributed by atoms with Crippen LogP contribution < -0.4 is 0 Å². The van der Waals surface area contributed by atoms with Gasteiger partial charge in [-0.2, -0.15) is 0 Å². The Morgan fingerprint density at radius 2 is 1.96 bits per heavy atom. The largest absolute Gasteiger partial charge is 0.258 e. The topological polar surface area (TPSA) is 12.4 Å². The molecule has 2 aliphatic rings. The van der Waals surface area contributed by atoms with E-state index in [-0.39, 0.29) is 11.2 Å². The van der Waals surface area contributed by atoms with Crippen LogP contribution in [0.3, 0.4) is 0 Å². The van der Waals surface area contributed by atoms with Crippen LogP contribution in [-0.2, 0) is 6.42 Å². The molecule has 0 saturated heterocycles. The van der Waals surface area contributed by atoms with Crippen molar-refractivity contribution >= 4 is 5.71 Å². The van der Waals surface area contributed by atoms with Gasteiger partial charge in [-0.15, -0.1) is 0 Å². The Kier molecular flexibility index (Phi) is 7.77. The van der Waals surface area contributed by atoms with Gasteiger partial charge in [-0.05, 0) is 55.7 Å². The van der Waals surface area contributed by atoms with E-state index in [1.165, 1.54) is 11.3 Å². The minimum Gasteiger partial charge on any atom is -0.258 e. The first-order valence-corrected chi connectivity index (χ1v) is 10.4. The summed E-state index contributed by atoms with van der Waals surface area (Å²) in [6, 6.07) is 7.18. The van der Waals surface area contributed by atoms with E-state index in [0.29, 0.717) is 5.92 Å². The van der Waals surface area contributed by atoms with E-state index in [4.69, 9.17) is 4.99 Å². The Labute approximate surface area is 164 Å². The third-order valence-corrected chi connectivity index (χ3v) is 5.57. The molecule has 1 aromatic rings. The van der Waals surface area contributed by atoms with Gasteiger partial charge in [0.25, 0.3) is 0 Å². The van der Waals surface area contributed by atoms with E-state index in [0.717, 1.165) is 43.4 Å². The molecule has 1 aliphatic heterocycles. The SMILES string of the molecule is CC.CCC(Cc1ccccc1F)CC1(C)CC=C(C)N=C1C1=CC=CC1. The zero-order chi connectivity index (χ0) is 19.9. The summed E-state index contributed by atoms with van der Waals surface area (Å²) >= 11 is 0. The average Bonchev–Trinajstić information content (AvgIpc) is 3.21. The number of halogens is 1. The summed E-state index contributed by atoms with van der Waals surface area (Å²) in [7, 11) is 0. The van der Waals surface area contributed by atoms with Crippen LogP contribution in [0.15, 0.2) is 64.8 Å². The van der Waals surface area contributed by atoms with Crippen LogP contribution in [-0.4, -0.2) is 5.71 Å². The van der Waals surface area contributed by atoms with Crippen LogP contribution in [0.2, 0.25) is 0 Å². The molecule has 0 saturated carbocycles. The van der Waals surface area contributed by atoms with Gasteiger partial charge in [-0.1, -0.05) is 76.6 Å². The van der Waals surface area contributed by atoms with Crippen molar-refractivity contribution in [1.29, 1.82) is 0 Å². The number of benzene rings is 1. The lowest BCUT2D eigenvalue weighted by molar-refractivity contribution is 0.317. The zero-order valence-electron chi connectivity index (χ0n) is 17.6. The van der Waals surface area contributed by atoms with Crippen molar-refractivity contribution in [1.82, 2.24) is 0 Å². The Hall–Kier alpha value is -1.96. The second-order valence-electron chi connectivity index (χ2n) is 7.67. The summed E-state index contributed by atoms with van der Waals surface area (Å²) in [4.78, 5) is 4.92. The number of rotatable bonds is 6. The van der Waals surface area contributed by atoms with Crippen LogP contribution in [0.1, 0.15) is 65.9 Å². The average molecular weight is 368 g/mol. The molecule has 1 aromatic carbocycles. The molecule has 2 atom stereocenters. The molecule has 2 unspecified atom stereocenters. The molecule has 0 fully saturated rings. The molecule has 0 amide bonds. The van der Waals surface area contributed by atoms with Gasteiger partial charge in [0.1, 0.15) is 5.82 Å². The van der Waals surface area contributed by atoms with Crippen LogP contribution in [0, 0.1) is 17.2 Å². The summed E-state index contributed by atoms with van der Waals surface area (Å²) in [6.45, 7) is 10.6. The molecule has 27 heavy (non-hydrogen) atoms. The lowest BCUT2D eigenvalue weighted by atomic mass is 9.69. The summed E-state index contributed by atoms with van der Waals surface area (Å²) in [6.07, 6.45) is 13.7. The van der Waals surface area contributed by atoms with Gasteiger partial charge in [-0.3, -0.25) is 4.99 Å². The van der Waals surface area contributed by atoms with Crippen LogP contribution in [0.25, 0.3) is 0 Å². The Morgan fingerprint density at radius 1 is 1.22 bits per heavy atom. The fourth-order valence-electron chi connectivity index (χ4n) is 4.06. The highest BCUT2D eigenvalue weighted by molar-refractivity contribution is 6.06. The molecular weight excluding hydrogens is 333 g/mol. The highest BCUT2D eigenvalue weighted by Crippen LogP contribution is 2.41. The molecule has 0 aromatic heterocycles. The molecule has 1 nitrogen and oxygen atoms in total. The zero-order valence-corrected chi connectivity index (χ0v) is 17.6. The predicted octanol–water partition coefficient (Wildman–Crippen LogP) is 7.45. The molecule has 146 valence electrons. The minimum atomic E-state index is -0.0814. The molecule has 3 rings (SSSR count). The highest BCUT2D eigenvalue weighted by atomic mass is 19.1. The van der Waals surface area contributed by atoms with Crippen molar-refractivity contribution in [2.45, 2.75) is 66.7 Å². The molecular formula is C25H34FN. The Balaban J connectivity index is 0.00000126. The van der Waals surface area contributed by atoms with Crippen molar-refractivity contribution in [3.8, 4) is 0 Å². The number of nitrogens with zero attached hydrogens (tertiary/aromatic N) is 1. The fraction of sp³-hybridized carbons (Fsp3) is 0.480. The van der Waals surface area contributed by atoms with Gasteiger partial charge in [0.2, 0.25) is 0 Å². The Morgan fingerprint density at radius 3 is 2.59 bits per heavy atom. The molecule has 1 aliphatic carbocycles. The monoisotopic (exact) mass is 367 g/mol. The van der Waals surface area contributed by atoms with Gasteiger partial charge in [0, 0.05) is 11.1 Å². The van der Waals surface area contributed by atoms with Crippen LogP contribution in [0.5, 0.6) is 0 Å².